The molecule has 0 atom stereocenters. The van der Waals surface area contributed by atoms with E-state index in [1.807, 2.05) is 24.3 Å². The molecule has 3 rings (SSSR count). The molecule has 0 amide bonds. The van der Waals surface area contributed by atoms with Gasteiger partial charge >= 0.3 is 0 Å². The normalized spacial score (nSPS) is 10.4. The van der Waals surface area contributed by atoms with E-state index in [-0.39, 0.29) is 0 Å². The number of nitrogens with zero attached hydrogens (tertiary/aromatic N) is 2. The zero-order valence-corrected chi connectivity index (χ0v) is 11.5. The van der Waals surface area contributed by atoms with Crippen molar-refractivity contribution in [3.63, 3.8) is 0 Å². The first-order chi connectivity index (χ1) is 9.80. The predicted molar refractivity (Wildman–Crippen MR) is 75.8 cm³/mol. The van der Waals surface area contributed by atoms with Crippen molar-refractivity contribution in [3.05, 3.63) is 48.0 Å². The number of oxazole rings is 1. The molecule has 0 aliphatic carbocycles. The molecule has 4 nitrogen and oxygen atoms in total. The van der Waals surface area contributed by atoms with Gasteiger partial charge in [-0.3, -0.25) is 0 Å². The maximum absolute atomic E-state index is 9.14. The van der Waals surface area contributed by atoms with Crippen LogP contribution in [0.1, 0.15) is 5.56 Å². The number of nitriles is 1. The summed E-state index contributed by atoms with van der Waals surface area (Å²) < 4.78 is 10.8. The lowest BCUT2D eigenvalue weighted by atomic mass is 10.2. The lowest BCUT2D eigenvalue weighted by molar-refractivity contribution is 0.413. The second-order valence-corrected chi connectivity index (χ2v) is 5.02. The topological polar surface area (TPSA) is 59.0 Å². The van der Waals surface area contributed by atoms with Crippen LogP contribution in [0.3, 0.4) is 0 Å². The van der Waals surface area contributed by atoms with Crippen LogP contribution in [-0.4, -0.2) is 12.1 Å². The number of methoxy groups -OCH3 is 1. The maximum atomic E-state index is 9.14. The molecule has 0 fully saturated rings. The number of rotatable bonds is 3. The van der Waals surface area contributed by atoms with Crippen molar-refractivity contribution in [2.24, 2.45) is 0 Å². The Bertz CT molecular complexity index is 772. The molecule has 0 saturated carbocycles. The van der Waals surface area contributed by atoms with Gasteiger partial charge in [0.15, 0.2) is 5.58 Å². The van der Waals surface area contributed by atoms with E-state index in [1.165, 1.54) is 11.8 Å². The molecule has 0 bridgehead atoms. The van der Waals surface area contributed by atoms with Crippen molar-refractivity contribution in [1.82, 2.24) is 4.98 Å². The third kappa shape index (κ3) is 2.33. The molecule has 3 aromatic rings. The lowest BCUT2D eigenvalue weighted by Gasteiger charge is -2.04. The largest absolute Gasteiger partial charge is 0.497 e. The fourth-order valence-corrected chi connectivity index (χ4v) is 2.66. The van der Waals surface area contributed by atoms with Gasteiger partial charge in [-0.05, 0) is 42.1 Å². The molecule has 20 heavy (non-hydrogen) atoms. The molecule has 0 N–H and O–H groups in total. The van der Waals surface area contributed by atoms with Crippen LogP contribution in [0.2, 0.25) is 0 Å². The Morgan fingerprint density at radius 3 is 2.85 bits per heavy atom. The summed E-state index contributed by atoms with van der Waals surface area (Å²) in [6.45, 7) is 0. The summed E-state index contributed by atoms with van der Waals surface area (Å²) in [7, 11) is 1.59. The van der Waals surface area contributed by atoms with Crippen molar-refractivity contribution < 1.29 is 9.15 Å². The van der Waals surface area contributed by atoms with Crippen molar-refractivity contribution >= 4 is 22.9 Å². The molecule has 0 unspecified atom stereocenters. The first kappa shape index (κ1) is 12.6. The standard InChI is InChI=1S/C15H10N2O2S/c1-18-11-7-6-10(9-16)14(8-11)20-15-17-12-4-2-3-5-13(12)19-15/h2-8H,1H3. The highest BCUT2D eigenvalue weighted by Crippen LogP contribution is 2.33. The van der Waals surface area contributed by atoms with Gasteiger partial charge in [-0.1, -0.05) is 12.1 Å². The minimum absolute atomic E-state index is 0.510. The average Bonchev–Trinajstić information content (AvgIpc) is 2.89. The van der Waals surface area contributed by atoms with E-state index in [9.17, 15) is 0 Å². The number of hydrogen-bond acceptors (Lipinski definition) is 5. The minimum Gasteiger partial charge on any atom is -0.497 e. The van der Waals surface area contributed by atoms with Crippen LogP contribution < -0.4 is 4.74 Å². The third-order valence-electron chi connectivity index (χ3n) is 2.78. The highest BCUT2D eigenvalue weighted by molar-refractivity contribution is 7.99. The quantitative estimate of drug-likeness (QED) is 0.730. The predicted octanol–water partition coefficient (Wildman–Crippen LogP) is 3.86. The second-order valence-electron chi connectivity index (χ2n) is 4.02. The zero-order chi connectivity index (χ0) is 13.9. The van der Waals surface area contributed by atoms with Gasteiger partial charge in [0.25, 0.3) is 5.22 Å². The Morgan fingerprint density at radius 1 is 1.25 bits per heavy atom. The molecular formula is C15H10N2O2S. The van der Waals surface area contributed by atoms with Crippen LogP contribution in [0.5, 0.6) is 5.75 Å². The Labute approximate surface area is 120 Å². The van der Waals surface area contributed by atoms with E-state index in [2.05, 4.69) is 11.1 Å². The van der Waals surface area contributed by atoms with Gasteiger partial charge in [0.05, 0.1) is 12.7 Å². The van der Waals surface area contributed by atoms with E-state index in [1.54, 1.807) is 25.3 Å². The smallest absolute Gasteiger partial charge is 0.261 e. The third-order valence-corrected chi connectivity index (χ3v) is 3.69. The summed E-state index contributed by atoms with van der Waals surface area (Å²) in [6.07, 6.45) is 0. The van der Waals surface area contributed by atoms with Gasteiger partial charge < -0.3 is 9.15 Å². The highest BCUT2D eigenvalue weighted by Gasteiger charge is 2.11. The van der Waals surface area contributed by atoms with Gasteiger partial charge in [-0.2, -0.15) is 5.26 Å². The molecule has 0 aliphatic heterocycles. The van der Waals surface area contributed by atoms with Crippen LogP contribution >= 0.6 is 11.8 Å². The molecule has 1 aromatic heterocycles. The summed E-state index contributed by atoms with van der Waals surface area (Å²) >= 11 is 1.31. The van der Waals surface area contributed by atoms with Crippen molar-refractivity contribution in [2.75, 3.05) is 7.11 Å². The van der Waals surface area contributed by atoms with E-state index in [4.69, 9.17) is 14.4 Å². The Kier molecular flexibility index (Phi) is 3.32. The molecule has 2 aromatic carbocycles. The second kappa shape index (κ2) is 5.27. The Hall–Kier alpha value is -2.45. The van der Waals surface area contributed by atoms with Crippen LogP contribution in [0.15, 0.2) is 57.0 Å². The molecular weight excluding hydrogens is 272 g/mol. The zero-order valence-electron chi connectivity index (χ0n) is 10.7. The fraction of sp³-hybridized carbons (Fsp3) is 0.0667. The summed E-state index contributed by atoms with van der Waals surface area (Å²) in [4.78, 5) is 5.15. The fourth-order valence-electron chi connectivity index (χ4n) is 1.80. The Morgan fingerprint density at radius 2 is 2.10 bits per heavy atom. The average molecular weight is 282 g/mol. The molecule has 5 heteroatoms. The number of ether oxygens (including phenoxy) is 1. The summed E-state index contributed by atoms with van der Waals surface area (Å²) in [5.74, 6) is 0.697. The lowest BCUT2D eigenvalue weighted by Crippen LogP contribution is -1.86. The first-order valence-electron chi connectivity index (χ1n) is 5.92. The monoisotopic (exact) mass is 282 g/mol. The Balaban J connectivity index is 1.99. The van der Waals surface area contributed by atoms with Gasteiger partial charge in [0.2, 0.25) is 0 Å². The van der Waals surface area contributed by atoms with Gasteiger partial charge in [0, 0.05) is 4.90 Å². The minimum atomic E-state index is 0.510. The van der Waals surface area contributed by atoms with Crippen LogP contribution in [-0.2, 0) is 0 Å². The van der Waals surface area contributed by atoms with E-state index < -0.39 is 0 Å². The van der Waals surface area contributed by atoms with Crippen LogP contribution in [0, 0.1) is 11.3 Å². The number of hydrogen-bond donors (Lipinski definition) is 0. The molecule has 0 radical (unpaired) electrons. The number of benzene rings is 2. The summed E-state index contributed by atoms with van der Waals surface area (Å²) in [6, 6.07) is 15.0. The van der Waals surface area contributed by atoms with E-state index >= 15 is 0 Å². The molecule has 1 heterocycles. The first-order valence-corrected chi connectivity index (χ1v) is 6.73. The van der Waals surface area contributed by atoms with Gasteiger partial charge in [0.1, 0.15) is 17.3 Å². The van der Waals surface area contributed by atoms with Crippen molar-refractivity contribution in [3.8, 4) is 11.8 Å². The maximum Gasteiger partial charge on any atom is 0.261 e. The SMILES string of the molecule is COc1ccc(C#N)c(Sc2nc3ccccc3o2)c1. The van der Waals surface area contributed by atoms with E-state index in [0.717, 1.165) is 16.0 Å². The van der Waals surface area contributed by atoms with Crippen LogP contribution in [0.25, 0.3) is 11.1 Å². The highest BCUT2D eigenvalue weighted by atomic mass is 32.2. The molecule has 0 saturated heterocycles. The molecule has 0 aliphatic rings. The molecule has 0 spiro atoms. The van der Waals surface area contributed by atoms with Crippen LogP contribution in [0.4, 0.5) is 0 Å². The number of para-hydroxylation sites is 2. The van der Waals surface area contributed by atoms with Crippen molar-refractivity contribution in [2.45, 2.75) is 10.1 Å². The van der Waals surface area contributed by atoms with Crippen molar-refractivity contribution in [1.29, 1.82) is 5.26 Å². The van der Waals surface area contributed by atoms with Gasteiger partial charge in [-0.25, -0.2) is 4.98 Å². The number of fused-ring (bicyclic) bond motifs is 1. The number of aromatic nitrogens is 1. The summed E-state index contributed by atoms with van der Waals surface area (Å²) in [5.41, 5.74) is 2.10. The van der Waals surface area contributed by atoms with Gasteiger partial charge in [-0.15, -0.1) is 0 Å². The molecule has 98 valence electrons. The summed E-state index contributed by atoms with van der Waals surface area (Å²) in [5, 5.41) is 9.65. The van der Waals surface area contributed by atoms with E-state index in [0.29, 0.717) is 16.5 Å².